The lowest BCUT2D eigenvalue weighted by Gasteiger charge is -2.13. The summed E-state index contributed by atoms with van der Waals surface area (Å²) in [5, 5.41) is 17.6. The molecule has 0 aliphatic rings. The maximum absolute atomic E-state index is 12.7. The van der Waals surface area contributed by atoms with E-state index in [9.17, 15) is 24.5 Å². The zero-order chi connectivity index (χ0) is 22.7. The first-order valence-corrected chi connectivity index (χ1v) is 9.52. The summed E-state index contributed by atoms with van der Waals surface area (Å²) in [7, 11) is 1.22. The molecule has 1 unspecified atom stereocenters. The van der Waals surface area contributed by atoms with E-state index >= 15 is 0 Å². The van der Waals surface area contributed by atoms with Crippen LogP contribution in [0.2, 0.25) is 0 Å². The van der Waals surface area contributed by atoms with Crippen molar-refractivity contribution in [2.45, 2.75) is 39.8 Å². The van der Waals surface area contributed by atoms with Gasteiger partial charge in [-0.15, -0.1) is 16.4 Å². The number of ether oxygens (including phenoxy) is 2. The summed E-state index contributed by atoms with van der Waals surface area (Å²) in [5.41, 5.74) is 5.27. The van der Waals surface area contributed by atoms with E-state index < -0.39 is 40.5 Å². The van der Waals surface area contributed by atoms with Gasteiger partial charge in [-0.1, -0.05) is 0 Å². The molecule has 0 aliphatic carbocycles. The van der Waals surface area contributed by atoms with E-state index in [4.69, 9.17) is 15.2 Å². The van der Waals surface area contributed by atoms with E-state index in [0.717, 1.165) is 22.2 Å². The average Bonchev–Trinajstić information content (AvgIpc) is 3.21. The Bertz CT molecular complexity index is 1010. The van der Waals surface area contributed by atoms with E-state index in [2.05, 4.69) is 10.4 Å². The molecule has 162 valence electrons. The van der Waals surface area contributed by atoms with Crippen molar-refractivity contribution in [1.82, 2.24) is 9.78 Å². The summed E-state index contributed by atoms with van der Waals surface area (Å²) in [6, 6.07) is -0.999. The minimum Gasteiger partial charge on any atom is -0.475 e. The number of thiophene rings is 1. The number of nitrogens with zero attached hydrogens (tertiary/aromatic N) is 3. The van der Waals surface area contributed by atoms with Gasteiger partial charge >= 0.3 is 17.5 Å². The lowest BCUT2D eigenvalue weighted by Crippen LogP contribution is -2.25. The molecule has 2 aromatic heterocycles. The number of esters is 1. The van der Waals surface area contributed by atoms with Crippen LogP contribution in [0.25, 0.3) is 0 Å². The van der Waals surface area contributed by atoms with Crippen molar-refractivity contribution in [3.05, 3.63) is 32.3 Å². The Morgan fingerprint density at radius 2 is 1.97 bits per heavy atom. The number of anilines is 1. The number of hydrogen-bond acceptors (Lipinski definition) is 9. The molecular formula is C17H21N5O7S. The number of nitro groups is 1. The van der Waals surface area contributed by atoms with Gasteiger partial charge in [0, 0.05) is 0 Å². The number of nitrogens with one attached hydrogen (secondary N) is 1. The number of nitrogens with two attached hydrogens (primary N) is 1. The van der Waals surface area contributed by atoms with E-state index in [1.807, 2.05) is 0 Å². The summed E-state index contributed by atoms with van der Waals surface area (Å²) in [4.78, 5) is 47.4. The van der Waals surface area contributed by atoms with E-state index in [0.29, 0.717) is 0 Å². The Kier molecular flexibility index (Phi) is 6.77. The largest absolute Gasteiger partial charge is 0.475 e. The molecule has 0 aromatic carbocycles. The van der Waals surface area contributed by atoms with Gasteiger partial charge < -0.3 is 20.5 Å². The lowest BCUT2D eigenvalue weighted by molar-refractivity contribution is -0.385. The molecule has 0 aliphatic heterocycles. The minimum absolute atomic E-state index is 0.0204. The fraction of sp³-hybridized carbons (Fsp3) is 0.412. The highest BCUT2D eigenvalue weighted by Gasteiger charge is 2.29. The Hall–Kier alpha value is -3.48. The molecule has 2 amide bonds. The van der Waals surface area contributed by atoms with Crippen molar-refractivity contribution >= 4 is 39.8 Å². The second-order valence-electron chi connectivity index (χ2n) is 6.50. The summed E-state index contributed by atoms with van der Waals surface area (Å²) in [6.07, 6.45) is 0.638. The highest BCUT2D eigenvalue weighted by Crippen LogP contribution is 2.34. The second kappa shape index (κ2) is 8.90. The molecular weight excluding hydrogens is 418 g/mol. The first-order valence-electron chi connectivity index (χ1n) is 8.70. The van der Waals surface area contributed by atoms with Crippen LogP contribution >= 0.6 is 11.3 Å². The molecule has 30 heavy (non-hydrogen) atoms. The Balaban J connectivity index is 2.38. The van der Waals surface area contributed by atoms with Crippen molar-refractivity contribution in [3.8, 4) is 5.88 Å². The smallest absolute Gasteiger partial charge is 0.350 e. The Morgan fingerprint density at radius 1 is 1.33 bits per heavy atom. The summed E-state index contributed by atoms with van der Waals surface area (Å²) in [6.45, 7) is 6.29. The first kappa shape index (κ1) is 22.8. The van der Waals surface area contributed by atoms with Gasteiger partial charge in [0.1, 0.15) is 17.2 Å². The first-order chi connectivity index (χ1) is 14.0. The molecule has 13 heteroatoms. The van der Waals surface area contributed by atoms with Gasteiger partial charge in [-0.3, -0.25) is 19.7 Å². The predicted molar refractivity (Wildman–Crippen MR) is 107 cm³/mol. The predicted octanol–water partition coefficient (Wildman–Crippen LogP) is 2.03. The third kappa shape index (κ3) is 4.56. The number of aromatic nitrogens is 2. The van der Waals surface area contributed by atoms with Gasteiger partial charge in [0.05, 0.1) is 28.6 Å². The highest BCUT2D eigenvalue weighted by molar-refractivity contribution is 7.18. The topological polar surface area (TPSA) is 169 Å². The van der Waals surface area contributed by atoms with Crippen LogP contribution in [0.3, 0.4) is 0 Å². The van der Waals surface area contributed by atoms with Gasteiger partial charge in [-0.05, 0) is 33.3 Å². The summed E-state index contributed by atoms with van der Waals surface area (Å²) >= 11 is 0.838. The van der Waals surface area contributed by atoms with Crippen molar-refractivity contribution in [1.29, 1.82) is 0 Å². The van der Waals surface area contributed by atoms with Crippen LogP contribution in [0.15, 0.2) is 6.20 Å². The van der Waals surface area contributed by atoms with Gasteiger partial charge in [0.15, 0.2) is 0 Å². The van der Waals surface area contributed by atoms with Crippen molar-refractivity contribution in [2.75, 3.05) is 12.4 Å². The number of hydrogen-bond donors (Lipinski definition) is 2. The Morgan fingerprint density at radius 3 is 2.43 bits per heavy atom. The fourth-order valence-electron chi connectivity index (χ4n) is 2.53. The quantitative estimate of drug-likeness (QED) is 0.357. The molecule has 2 heterocycles. The monoisotopic (exact) mass is 439 g/mol. The summed E-state index contributed by atoms with van der Waals surface area (Å²) in [5.74, 6) is -2.35. The standard InChI is InChI=1S/C17H21N5O7S/c1-7(2)29-17(25)11-8(3)12(13(18)23)30-16(11)19-14(24)9(4)21-6-10(22(26)27)15(20-21)28-5/h6-7,9H,1-5H3,(H2,18,23)(H,19,24). The van der Waals surface area contributed by atoms with E-state index in [-0.39, 0.29) is 26.9 Å². The molecule has 0 spiro atoms. The minimum atomic E-state index is -0.999. The van der Waals surface area contributed by atoms with Gasteiger partial charge in [0.25, 0.3) is 5.91 Å². The SMILES string of the molecule is COc1nn(C(C)C(=O)Nc2sc(C(N)=O)c(C)c2C(=O)OC(C)C)cc1[N+](=O)[O-]. The van der Waals surface area contributed by atoms with Crippen LogP contribution in [0.4, 0.5) is 10.7 Å². The van der Waals surface area contributed by atoms with Crippen molar-refractivity contribution in [2.24, 2.45) is 5.73 Å². The highest BCUT2D eigenvalue weighted by atomic mass is 32.1. The maximum Gasteiger partial charge on any atom is 0.350 e. The fourth-order valence-corrected chi connectivity index (χ4v) is 3.58. The molecule has 0 radical (unpaired) electrons. The molecule has 1 atom stereocenters. The number of carbonyl (C=O) groups is 3. The zero-order valence-corrected chi connectivity index (χ0v) is 17.7. The molecule has 0 bridgehead atoms. The third-order valence-corrected chi connectivity index (χ3v) is 5.22. The number of carbonyl (C=O) groups excluding carboxylic acids is 3. The molecule has 0 saturated carbocycles. The summed E-state index contributed by atoms with van der Waals surface area (Å²) < 4.78 is 11.1. The lowest BCUT2D eigenvalue weighted by atomic mass is 10.1. The second-order valence-corrected chi connectivity index (χ2v) is 7.53. The van der Waals surface area contributed by atoms with Gasteiger partial charge in [0.2, 0.25) is 5.91 Å². The van der Waals surface area contributed by atoms with Crippen LogP contribution in [0.1, 0.15) is 52.4 Å². The normalized spacial score (nSPS) is 11.8. The molecule has 0 fully saturated rings. The number of rotatable bonds is 8. The van der Waals surface area contributed by atoms with Crippen LogP contribution in [0, 0.1) is 17.0 Å². The molecule has 12 nitrogen and oxygen atoms in total. The zero-order valence-electron chi connectivity index (χ0n) is 16.9. The van der Waals surface area contributed by atoms with Crippen molar-refractivity contribution in [3.63, 3.8) is 0 Å². The van der Waals surface area contributed by atoms with Gasteiger partial charge in [-0.25, -0.2) is 9.48 Å². The van der Waals surface area contributed by atoms with Crippen LogP contribution in [-0.2, 0) is 9.53 Å². The van der Waals surface area contributed by atoms with Gasteiger partial charge in [-0.2, -0.15) is 0 Å². The third-order valence-electron chi connectivity index (χ3n) is 4.00. The Labute approximate surface area is 175 Å². The maximum atomic E-state index is 12.7. The average molecular weight is 439 g/mol. The van der Waals surface area contributed by atoms with Crippen LogP contribution < -0.4 is 15.8 Å². The van der Waals surface area contributed by atoms with E-state index in [1.165, 1.54) is 21.0 Å². The molecule has 2 aromatic rings. The molecule has 3 N–H and O–H groups in total. The molecule has 0 saturated heterocycles. The molecule has 2 rings (SSSR count). The number of primary amides is 1. The van der Waals surface area contributed by atoms with Crippen LogP contribution in [-0.4, -0.2) is 45.7 Å². The number of methoxy groups -OCH3 is 1. The number of amides is 2. The van der Waals surface area contributed by atoms with Crippen LogP contribution in [0.5, 0.6) is 5.88 Å². The van der Waals surface area contributed by atoms with E-state index in [1.54, 1.807) is 13.8 Å². The van der Waals surface area contributed by atoms with Crippen molar-refractivity contribution < 1.29 is 28.8 Å².